The maximum absolute atomic E-state index is 11.7. The SMILES string of the molecule is CCOC(=O)C(Cl)Cc1ccc(OCC2(C)CCc3c(C)cc(C)cc3O2)cc1. The van der Waals surface area contributed by atoms with Crippen LogP contribution in [0.4, 0.5) is 0 Å². The molecule has 2 aromatic rings. The first kappa shape index (κ1) is 21.5. The monoisotopic (exact) mass is 416 g/mol. The number of benzene rings is 2. The first-order chi connectivity index (χ1) is 13.8. The third-order valence-electron chi connectivity index (χ3n) is 5.26. The standard InChI is InChI=1S/C24H29ClO4/c1-5-27-23(26)21(25)14-18-6-8-19(9-7-18)28-15-24(4)11-10-20-17(3)12-16(2)13-22(20)29-24/h6-9,12-13,21H,5,10-11,14-15H2,1-4H3. The molecule has 5 heteroatoms. The summed E-state index contributed by atoms with van der Waals surface area (Å²) in [5.41, 5.74) is 4.40. The van der Waals surface area contributed by atoms with Crippen molar-refractivity contribution in [3.05, 3.63) is 58.7 Å². The topological polar surface area (TPSA) is 44.8 Å². The van der Waals surface area contributed by atoms with Crippen LogP contribution >= 0.6 is 11.6 Å². The molecule has 0 N–H and O–H groups in total. The highest BCUT2D eigenvalue weighted by Gasteiger charge is 2.33. The Morgan fingerprint density at radius 1 is 1.24 bits per heavy atom. The van der Waals surface area contributed by atoms with Crippen LogP contribution in [0.1, 0.15) is 42.5 Å². The van der Waals surface area contributed by atoms with E-state index < -0.39 is 5.38 Å². The molecule has 0 aromatic heterocycles. The van der Waals surface area contributed by atoms with Gasteiger partial charge in [0, 0.05) is 0 Å². The van der Waals surface area contributed by atoms with Crippen LogP contribution in [0.15, 0.2) is 36.4 Å². The van der Waals surface area contributed by atoms with Gasteiger partial charge in [0.1, 0.15) is 29.1 Å². The summed E-state index contributed by atoms with van der Waals surface area (Å²) in [5.74, 6) is 1.36. The van der Waals surface area contributed by atoms with E-state index in [9.17, 15) is 4.79 Å². The van der Waals surface area contributed by atoms with Crippen LogP contribution in [-0.4, -0.2) is 30.2 Å². The molecule has 0 bridgehead atoms. The molecule has 2 unspecified atom stereocenters. The summed E-state index contributed by atoms with van der Waals surface area (Å²) in [6.45, 7) is 8.90. The molecule has 0 spiro atoms. The maximum Gasteiger partial charge on any atom is 0.324 e. The van der Waals surface area contributed by atoms with Crippen molar-refractivity contribution < 1.29 is 19.0 Å². The number of hydrogen-bond donors (Lipinski definition) is 0. The summed E-state index contributed by atoms with van der Waals surface area (Å²) in [4.78, 5) is 11.7. The minimum Gasteiger partial charge on any atom is -0.489 e. The maximum atomic E-state index is 11.7. The summed E-state index contributed by atoms with van der Waals surface area (Å²) < 4.78 is 17.3. The normalized spacial score (nSPS) is 19.1. The third-order valence-corrected chi connectivity index (χ3v) is 5.59. The average Bonchev–Trinajstić information content (AvgIpc) is 2.67. The molecule has 1 aliphatic heterocycles. The van der Waals surface area contributed by atoms with Crippen LogP contribution in [0.5, 0.6) is 11.5 Å². The van der Waals surface area contributed by atoms with E-state index in [-0.39, 0.29) is 11.6 Å². The molecule has 0 fully saturated rings. The number of halogens is 1. The van der Waals surface area contributed by atoms with Crippen molar-refractivity contribution in [1.82, 2.24) is 0 Å². The minimum absolute atomic E-state index is 0.333. The van der Waals surface area contributed by atoms with Crippen LogP contribution in [0.2, 0.25) is 0 Å². The van der Waals surface area contributed by atoms with Gasteiger partial charge in [0.2, 0.25) is 0 Å². The Hall–Kier alpha value is -2.20. The molecule has 0 saturated carbocycles. The van der Waals surface area contributed by atoms with Gasteiger partial charge >= 0.3 is 5.97 Å². The van der Waals surface area contributed by atoms with E-state index in [0.29, 0.717) is 19.6 Å². The van der Waals surface area contributed by atoms with Crippen molar-refractivity contribution in [2.45, 2.75) is 57.9 Å². The number of alkyl halides is 1. The zero-order valence-electron chi connectivity index (χ0n) is 17.6. The Morgan fingerprint density at radius 2 is 1.97 bits per heavy atom. The van der Waals surface area contributed by atoms with E-state index in [1.165, 1.54) is 16.7 Å². The van der Waals surface area contributed by atoms with Crippen molar-refractivity contribution in [3.63, 3.8) is 0 Å². The lowest BCUT2D eigenvalue weighted by Gasteiger charge is -2.36. The van der Waals surface area contributed by atoms with Crippen molar-refractivity contribution in [1.29, 1.82) is 0 Å². The fourth-order valence-electron chi connectivity index (χ4n) is 3.66. The van der Waals surface area contributed by atoms with Crippen molar-refractivity contribution in [2.75, 3.05) is 13.2 Å². The Kier molecular flexibility index (Phi) is 6.74. The van der Waals surface area contributed by atoms with Gasteiger partial charge in [0.15, 0.2) is 0 Å². The molecule has 1 aliphatic rings. The van der Waals surface area contributed by atoms with Gasteiger partial charge in [-0.3, -0.25) is 4.79 Å². The predicted octanol–water partition coefficient (Wildman–Crippen LogP) is 5.18. The summed E-state index contributed by atoms with van der Waals surface area (Å²) >= 11 is 6.11. The van der Waals surface area contributed by atoms with Crippen molar-refractivity contribution >= 4 is 17.6 Å². The van der Waals surface area contributed by atoms with Gasteiger partial charge < -0.3 is 14.2 Å². The zero-order chi connectivity index (χ0) is 21.0. The number of esters is 1. The number of carbonyl (C=O) groups excluding carboxylic acids is 1. The second kappa shape index (κ2) is 9.08. The second-order valence-corrected chi connectivity index (χ2v) is 8.49. The van der Waals surface area contributed by atoms with E-state index in [0.717, 1.165) is 29.9 Å². The third kappa shape index (κ3) is 5.45. The molecule has 0 radical (unpaired) electrons. The quantitative estimate of drug-likeness (QED) is 0.461. The fraction of sp³-hybridized carbons (Fsp3) is 0.458. The number of rotatable bonds is 7. The molecule has 2 atom stereocenters. The Bertz CT molecular complexity index is 862. The van der Waals surface area contributed by atoms with E-state index in [4.69, 9.17) is 25.8 Å². The number of ether oxygens (including phenoxy) is 3. The number of aryl methyl sites for hydroxylation is 2. The van der Waals surface area contributed by atoms with Gasteiger partial charge in [-0.25, -0.2) is 0 Å². The molecule has 29 heavy (non-hydrogen) atoms. The lowest BCUT2D eigenvalue weighted by Crippen LogP contribution is -2.42. The van der Waals surface area contributed by atoms with Gasteiger partial charge in [-0.1, -0.05) is 18.2 Å². The van der Waals surface area contributed by atoms with Crippen LogP contribution in [0.25, 0.3) is 0 Å². The molecule has 0 amide bonds. The highest BCUT2D eigenvalue weighted by Crippen LogP contribution is 2.36. The minimum atomic E-state index is -0.678. The smallest absolute Gasteiger partial charge is 0.324 e. The lowest BCUT2D eigenvalue weighted by atomic mass is 9.90. The zero-order valence-corrected chi connectivity index (χ0v) is 18.3. The van der Waals surface area contributed by atoms with E-state index in [2.05, 4.69) is 32.9 Å². The highest BCUT2D eigenvalue weighted by atomic mass is 35.5. The predicted molar refractivity (Wildman–Crippen MR) is 115 cm³/mol. The van der Waals surface area contributed by atoms with Crippen molar-refractivity contribution in [2.24, 2.45) is 0 Å². The first-order valence-electron chi connectivity index (χ1n) is 10.1. The summed E-state index contributed by atoms with van der Waals surface area (Å²) in [6.07, 6.45) is 2.33. The fourth-order valence-corrected chi connectivity index (χ4v) is 3.90. The number of hydrogen-bond acceptors (Lipinski definition) is 4. The highest BCUT2D eigenvalue weighted by molar-refractivity contribution is 6.30. The average molecular weight is 417 g/mol. The van der Waals surface area contributed by atoms with Gasteiger partial charge in [0.25, 0.3) is 0 Å². The van der Waals surface area contributed by atoms with Gasteiger partial charge in [-0.2, -0.15) is 0 Å². The van der Waals surface area contributed by atoms with Crippen LogP contribution in [0, 0.1) is 13.8 Å². The summed E-state index contributed by atoms with van der Waals surface area (Å²) in [7, 11) is 0. The van der Waals surface area contributed by atoms with Gasteiger partial charge in [0.05, 0.1) is 6.61 Å². The largest absolute Gasteiger partial charge is 0.489 e. The summed E-state index contributed by atoms with van der Waals surface area (Å²) in [5, 5.41) is -0.678. The van der Waals surface area contributed by atoms with Crippen LogP contribution in [0.3, 0.4) is 0 Å². The van der Waals surface area contributed by atoms with E-state index in [1.807, 2.05) is 24.3 Å². The lowest BCUT2D eigenvalue weighted by molar-refractivity contribution is -0.142. The van der Waals surface area contributed by atoms with E-state index >= 15 is 0 Å². The van der Waals surface area contributed by atoms with E-state index in [1.54, 1.807) is 6.92 Å². The Balaban J connectivity index is 1.58. The molecule has 2 aromatic carbocycles. The first-order valence-corrected chi connectivity index (χ1v) is 10.5. The molecule has 156 valence electrons. The van der Waals surface area contributed by atoms with Crippen molar-refractivity contribution in [3.8, 4) is 11.5 Å². The second-order valence-electron chi connectivity index (χ2n) is 7.97. The van der Waals surface area contributed by atoms with Gasteiger partial charge in [-0.05, 0) is 87.4 Å². The molecular formula is C24H29ClO4. The number of fused-ring (bicyclic) bond motifs is 1. The molecule has 0 aliphatic carbocycles. The molecule has 3 rings (SSSR count). The Morgan fingerprint density at radius 3 is 2.66 bits per heavy atom. The Labute approximate surface area is 178 Å². The van der Waals surface area contributed by atoms with Gasteiger partial charge in [-0.15, -0.1) is 11.6 Å². The molecular weight excluding hydrogens is 388 g/mol. The molecule has 0 saturated heterocycles. The molecule has 4 nitrogen and oxygen atoms in total. The molecule has 1 heterocycles. The van der Waals surface area contributed by atoms with Crippen LogP contribution in [-0.2, 0) is 22.4 Å². The number of carbonyl (C=O) groups is 1. The summed E-state index contributed by atoms with van der Waals surface area (Å²) in [6, 6.07) is 12.0. The van der Waals surface area contributed by atoms with Crippen LogP contribution < -0.4 is 9.47 Å².